The molecule has 10 heteroatoms. The van der Waals surface area contributed by atoms with Crippen LogP contribution in [0.15, 0.2) is 42.7 Å². The van der Waals surface area contributed by atoms with Gasteiger partial charge in [0.15, 0.2) is 0 Å². The lowest BCUT2D eigenvalue weighted by Gasteiger charge is -2.25. The smallest absolute Gasteiger partial charge is 0.351 e. The van der Waals surface area contributed by atoms with Crippen molar-refractivity contribution in [3.8, 4) is 0 Å². The summed E-state index contributed by atoms with van der Waals surface area (Å²) in [5, 5.41) is 2.56. The summed E-state index contributed by atoms with van der Waals surface area (Å²) in [6.45, 7) is -0.180. The third-order valence-electron chi connectivity index (χ3n) is 5.03. The molecule has 0 spiro atoms. The van der Waals surface area contributed by atoms with Crippen molar-refractivity contribution in [2.75, 3.05) is 6.54 Å². The van der Waals surface area contributed by atoms with Crippen molar-refractivity contribution in [3.05, 3.63) is 59.7 Å². The Labute approximate surface area is 162 Å². The molecule has 1 saturated carbocycles. The van der Waals surface area contributed by atoms with Crippen LogP contribution in [0.5, 0.6) is 0 Å². The second-order valence-electron chi connectivity index (χ2n) is 7.09. The van der Waals surface area contributed by atoms with Crippen LogP contribution in [0.3, 0.4) is 0 Å². The first-order valence-electron chi connectivity index (χ1n) is 8.81. The summed E-state index contributed by atoms with van der Waals surface area (Å²) >= 11 is 0. The number of aromatic nitrogens is 2. The highest BCUT2D eigenvalue weighted by atomic mass is 19.4. The van der Waals surface area contributed by atoms with Gasteiger partial charge in [-0.25, -0.2) is 9.97 Å². The lowest BCUT2D eigenvalue weighted by atomic mass is 9.87. The molecule has 1 unspecified atom stereocenters. The summed E-state index contributed by atoms with van der Waals surface area (Å²) in [5.41, 5.74) is -1.45. The summed E-state index contributed by atoms with van der Waals surface area (Å²) in [7, 11) is 0. The van der Waals surface area contributed by atoms with Crippen molar-refractivity contribution in [1.82, 2.24) is 15.3 Å². The van der Waals surface area contributed by atoms with E-state index in [2.05, 4.69) is 15.3 Å². The summed E-state index contributed by atoms with van der Waals surface area (Å²) in [6, 6.07) is 8.07. The van der Waals surface area contributed by atoms with Crippen molar-refractivity contribution in [2.24, 2.45) is 5.41 Å². The maximum Gasteiger partial charge on any atom is 0.451 e. The van der Waals surface area contributed by atoms with E-state index in [9.17, 15) is 31.1 Å². The Balaban J connectivity index is 1.79. The van der Waals surface area contributed by atoms with E-state index in [-0.39, 0.29) is 31.4 Å². The minimum atomic E-state index is -4.75. The predicted octanol–water partition coefficient (Wildman–Crippen LogP) is 4.74. The Morgan fingerprint density at radius 1 is 1.03 bits per heavy atom. The fraction of sp³-hybridized carbons (Fsp3) is 0.421. The normalized spacial score (nSPS) is 16.9. The number of hydrogen-bond acceptors (Lipinski definition) is 3. The molecule has 156 valence electrons. The van der Waals surface area contributed by atoms with Crippen LogP contribution >= 0.6 is 0 Å². The SMILES string of the molecule is O=C(NCC(CC1(C(F)(F)F)CC1)c1cnc(C(F)(F)F)nc1)c1ccccc1. The van der Waals surface area contributed by atoms with E-state index in [1.54, 1.807) is 30.3 Å². The maximum atomic E-state index is 13.4. The zero-order chi connectivity index (χ0) is 21.3. The van der Waals surface area contributed by atoms with Crippen LogP contribution in [-0.2, 0) is 6.18 Å². The van der Waals surface area contributed by atoms with Crippen LogP contribution in [-0.4, -0.2) is 28.6 Å². The van der Waals surface area contributed by atoms with Crippen molar-refractivity contribution in [3.63, 3.8) is 0 Å². The first kappa shape index (κ1) is 21.1. The van der Waals surface area contributed by atoms with Crippen LogP contribution < -0.4 is 5.32 Å². The number of hydrogen-bond donors (Lipinski definition) is 1. The molecule has 4 nitrogen and oxygen atoms in total. The van der Waals surface area contributed by atoms with Crippen molar-refractivity contribution < 1.29 is 31.1 Å². The van der Waals surface area contributed by atoms with Gasteiger partial charge in [-0.2, -0.15) is 26.3 Å². The monoisotopic (exact) mass is 417 g/mol. The van der Waals surface area contributed by atoms with Gasteiger partial charge in [0, 0.05) is 30.4 Å². The molecule has 29 heavy (non-hydrogen) atoms. The van der Waals surface area contributed by atoms with Gasteiger partial charge in [0.05, 0.1) is 5.41 Å². The van der Waals surface area contributed by atoms with Crippen molar-refractivity contribution >= 4 is 5.91 Å². The van der Waals surface area contributed by atoms with Gasteiger partial charge in [0.25, 0.3) is 5.91 Å². The van der Waals surface area contributed by atoms with E-state index in [0.29, 0.717) is 5.56 Å². The van der Waals surface area contributed by atoms with Gasteiger partial charge >= 0.3 is 12.4 Å². The first-order valence-corrected chi connectivity index (χ1v) is 8.81. The standard InChI is InChI=1S/C19H17F6N3O/c20-18(21,22)16-27-10-14(11-28-16)13(8-17(6-7-17)19(23,24)25)9-26-15(29)12-4-2-1-3-5-12/h1-5,10-11,13H,6-9H2,(H,26,29). The lowest BCUT2D eigenvalue weighted by Crippen LogP contribution is -2.33. The fourth-order valence-electron chi connectivity index (χ4n) is 3.14. The summed E-state index contributed by atoms with van der Waals surface area (Å²) in [5.74, 6) is -2.74. The Bertz CT molecular complexity index is 845. The minimum absolute atomic E-state index is 0.0544. The number of alkyl halides is 6. The summed E-state index contributed by atoms with van der Waals surface area (Å²) in [6.07, 6.45) is -7.90. The van der Waals surface area contributed by atoms with Gasteiger partial charge in [-0.05, 0) is 37.0 Å². The highest BCUT2D eigenvalue weighted by Gasteiger charge is 2.63. The zero-order valence-corrected chi connectivity index (χ0v) is 15.0. The van der Waals surface area contributed by atoms with Gasteiger partial charge in [-0.3, -0.25) is 4.79 Å². The largest absolute Gasteiger partial charge is 0.451 e. The van der Waals surface area contributed by atoms with Gasteiger partial charge in [-0.15, -0.1) is 0 Å². The molecular formula is C19H17F6N3O. The molecule has 1 aliphatic carbocycles. The molecule has 0 bridgehead atoms. The van der Waals surface area contributed by atoms with Crippen LogP contribution in [0, 0.1) is 5.41 Å². The van der Waals surface area contributed by atoms with E-state index in [1.165, 1.54) is 0 Å². The number of amides is 1. The number of nitrogens with zero attached hydrogens (tertiary/aromatic N) is 2. The highest BCUT2D eigenvalue weighted by molar-refractivity contribution is 5.94. The van der Waals surface area contributed by atoms with E-state index in [0.717, 1.165) is 12.4 Å². The predicted molar refractivity (Wildman–Crippen MR) is 90.9 cm³/mol. The molecule has 1 aromatic carbocycles. The third-order valence-corrected chi connectivity index (χ3v) is 5.03. The van der Waals surface area contributed by atoms with Crippen LogP contribution in [0.1, 0.15) is 46.9 Å². The molecule has 1 amide bonds. The Morgan fingerprint density at radius 3 is 2.10 bits per heavy atom. The highest BCUT2D eigenvalue weighted by Crippen LogP contribution is 2.62. The Morgan fingerprint density at radius 2 is 1.62 bits per heavy atom. The fourth-order valence-corrected chi connectivity index (χ4v) is 3.14. The molecule has 1 fully saturated rings. The minimum Gasteiger partial charge on any atom is -0.351 e. The van der Waals surface area contributed by atoms with E-state index >= 15 is 0 Å². The van der Waals surface area contributed by atoms with Crippen molar-refractivity contribution in [1.29, 1.82) is 0 Å². The molecule has 3 rings (SSSR count). The molecule has 1 aliphatic rings. The topological polar surface area (TPSA) is 54.9 Å². The molecule has 0 saturated heterocycles. The first-order chi connectivity index (χ1) is 13.5. The van der Waals surface area contributed by atoms with E-state index in [1.807, 2.05) is 0 Å². The molecule has 1 aromatic heterocycles. The van der Waals surface area contributed by atoms with Gasteiger partial charge in [-0.1, -0.05) is 18.2 Å². The number of rotatable bonds is 6. The maximum absolute atomic E-state index is 13.4. The van der Waals surface area contributed by atoms with Crippen LogP contribution in [0.25, 0.3) is 0 Å². The lowest BCUT2D eigenvalue weighted by molar-refractivity contribution is -0.190. The molecule has 1 N–H and O–H groups in total. The van der Waals surface area contributed by atoms with E-state index in [4.69, 9.17) is 0 Å². The quantitative estimate of drug-likeness (QED) is 0.691. The molecule has 0 radical (unpaired) electrons. The molecule has 1 atom stereocenters. The number of nitrogens with one attached hydrogen (secondary N) is 1. The molecule has 2 aromatic rings. The molecule has 1 heterocycles. The Hall–Kier alpha value is -2.65. The number of carbonyl (C=O) groups is 1. The second kappa shape index (κ2) is 7.64. The van der Waals surface area contributed by atoms with E-state index < -0.39 is 35.4 Å². The van der Waals surface area contributed by atoms with Gasteiger partial charge < -0.3 is 5.32 Å². The van der Waals surface area contributed by atoms with Gasteiger partial charge in [0.1, 0.15) is 0 Å². The van der Waals surface area contributed by atoms with Crippen molar-refractivity contribution in [2.45, 2.75) is 37.5 Å². The average Bonchev–Trinajstić information content (AvgIpc) is 3.46. The zero-order valence-electron chi connectivity index (χ0n) is 15.0. The van der Waals surface area contributed by atoms with Crippen LogP contribution in [0.4, 0.5) is 26.3 Å². The molecule has 0 aliphatic heterocycles. The Kier molecular flexibility index (Phi) is 5.55. The number of carbonyl (C=O) groups excluding carboxylic acids is 1. The van der Waals surface area contributed by atoms with Gasteiger partial charge in [0.2, 0.25) is 5.82 Å². The average molecular weight is 417 g/mol. The molecular weight excluding hydrogens is 400 g/mol. The summed E-state index contributed by atoms with van der Waals surface area (Å²) < 4.78 is 78.2. The van der Waals surface area contributed by atoms with Crippen LogP contribution in [0.2, 0.25) is 0 Å². The summed E-state index contributed by atoms with van der Waals surface area (Å²) in [4.78, 5) is 18.7. The third kappa shape index (κ3) is 4.86. The second-order valence-corrected chi connectivity index (χ2v) is 7.09. The number of halogens is 6. The number of benzene rings is 1.